The first-order valence-corrected chi connectivity index (χ1v) is 5.53. The third-order valence-electron chi connectivity index (χ3n) is 1.15. The highest BCUT2D eigenvalue weighted by atomic mass is 32.2. The fourth-order valence-electron chi connectivity index (χ4n) is 0.739. The molecule has 1 aromatic rings. The Balaban J connectivity index is 3.32. The normalized spacial score (nSPS) is 11.8. The Kier molecular flexibility index (Phi) is 1.83. The summed E-state index contributed by atoms with van der Waals surface area (Å²) in [6.45, 7) is 1.80. The van der Waals surface area contributed by atoms with Gasteiger partial charge in [0.15, 0.2) is 9.84 Å². The largest absolute Gasteiger partial charge is 0.223 e. The van der Waals surface area contributed by atoms with E-state index in [9.17, 15) is 8.42 Å². The molecule has 1 aromatic heterocycles. The Morgan fingerprint density at radius 1 is 1.50 bits per heavy atom. The van der Waals surface area contributed by atoms with E-state index in [1.807, 2.05) is 0 Å². The van der Waals surface area contributed by atoms with Gasteiger partial charge in [-0.15, -0.1) is 11.3 Å². The molecule has 0 saturated heterocycles. The summed E-state index contributed by atoms with van der Waals surface area (Å²) in [5.74, 6) is 0. The highest BCUT2D eigenvalue weighted by Crippen LogP contribution is 2.20. The van der Waals surface area contributed by atoms with E-state index in [1.54, 1.807) is 18.4 Å². The predicted molar refractivity (Wildman–Crippen MR) is 42.2 cm³/mol. The number of thiophene rings is 1. The van der Waals surface area contributed by atoms with Crippen molar-refractivity contribution in [1.29, 1.82) is 0 Å². The third kappa shape index (κ3) is 1.38. The van der Waals surface area contributed by atoms with Crippen LogP contribution in [0.1, 0.15) is 5.56 Å². The Morgan fingerprint density at radius 3 is 2.30 bits per heavy atom. The second-order valence-corrected chi connectivity index (χ2v) is 5.29. The summed E-state index contributed by atoms with van der Waals surface area (Å²) in [6.07, 6.45) is 1.23. The highest BCUT2D eigenvalue weighted by molar-refractivity contribution is 7.92. The second-order valence-electron chi connectivity index (χ2n) is 2.16. The van der Waals surface area contributed by atoms with Crippen LogP contribution >= 0.6 is 11.3 Å². The minimum Gasteiger partial charge on any atom is -0.223 e. The molecule has 0 saturated carbocycles. The summed E-state index contributed by atoms with van der Waals surface area (Å²) in [4.78, 5) is 0. The van der Waals surface area contributed by atoms with Gasteiger partial charge < -0.3 is 0 Å². The molecule has 1 rings (SSSR count). The molecular formula is C6H8O2S2. The van der Waals surface area contributed by atoms with Crippen molar-refractivity contribution in [2.45, 2.75) is 11.1 Å². The van der Waals surface area contributed by atoms with Gasteiger partial charge in [-0.1, -0.05) is 0 Å². The van der Waals surface area contributed by atoms with Crippen molar-refractivity contribution in [2.24, 2.45) is 0 Å². The van der Waals surface area contributed by atoms with Gasteiger partial charge in [0.25, 0.3) is 0 Å². The molecule has 1 heterocycles. The van der Waals surface area contributed by atoms with E-state index in [-0.39, 0.29) is 0 Å². The summed E-state index contributed by atoms with van der Waals surface area (Å²) < 4.78 is 22.3. The van der Waals surface area contributed by atoms with Gasteiger partial charge in [0.05, 0.1) is 0 Å². The quantitative estimate of drug-likeness (QED) is 0.649. The lowest BCUT2D eigenvalue weighted by Gasteiger charge is -1.92. The van der Waals surface area contributed by atoms with Crippen LogP contribution in [-0.2, 0) is 9.84 Å². The zero-order chi connectivity index (χ0) is 7.78. The molecule has 0 unspecified atom stereocenters. The molecular weight excluding hydrogens is 168 g/mol. The lowest BCUT2D eigenvalue weighted by Crippen LogP contribution is -1.94. The van der Waals surface area contributed by atoms with Crippen molar-refractivity contribution in [2.75, 3.05) is 6.26 Å². The van der Waals surface area contributed by atoms with Gasteiger partial charge in [0, 0.05) is 6.26 Å². The van der Waals surface area contributed by atoms with E-state index in [1.165, 1.54) is 17.6 Å². The summed E-state index contributed by atoms with van der Waals surface area (Å²) in [5, 5.41) is 1.78. The zero-order valence-corrected chi connectivity index (χ0v) is 7.42. The van der Waals surface area contributed by atoms with Crippen molar-refractivity contribution >= 4 is 21.2 Å². The van der Waals surface area contributed by atoms with Gasteiger partial charge in [-0.3, -0.25) is 0 Å². The van der Waals surface area contributed by atoms with Crippen LogP contribution in [0.2, 0.25) is 0 Å². The van der Waals surface area contributed by atoms with E-state index >= 15 is 0 Å². The first-order chi connectivity index (χ1) is 4.52. The van der Waals surface area contributed by atoms with E-state index in [0.29, 0.717) is 4.21 Å². The van der Waals surface area contributed by atoms with Crippen LogP contribution in [0.25, 0.3) is 0 Å². The molecule has 0 spiro atoms. The summed E-state index contributed by atoms with van der Waals surface area (Å²) in [5.41, 5.74) is 0.840. The van der Waals surface area contributed by atoms with Crippen LogP contribution in [0.4, 0.5) is 0 Å². The Hall–Kier alpha value is -0.350. The fourth-order valence-corrected chi connectivity index (χ4v) is 2.91. The number of sulfone groups is 1. The van der Waals surface area contributed by atoms with E-state index < -0.39 is 9.84 Å². The molecule has 56 valence electrons. The predicted octanol–water partition coefficient (Wildman–Crippen LogP) is 1.46. The Bertz CT molecular complexity index is 321. The topological polar surface area (TPSA) is 34.1 Å². The molecule has 0 aliphatic rings. The summed E-state index contributed by atoms with van der Waals surface area (Å²) >= 11 is 1.27. The molecule has 0 radical (unpaired) electrons. The molecule has 10 heavy (non-hydrogen) atoms. The number of aryl methyl sites for hydroxylation is 1. The molecule has 0 aliphatic heterocycles. The maximum Gasteiger partial charge on any atom is 0.185 e. The van der Waals surface area contributed by atoms with Gasteiger partial charge in [-0.05, 0) is 23.9 Å². The standard InChI is InChI=1S/C6H8O2S2/c1-5-3-4-9-6(5)10(2,7)8/h3-4H,1-2H3. The van der Waals surface area contributed by atoms with Crippen molar-refractivity contribution in [3.63, 3.8) is 0 Å². The molecule has 0 atom stereocenters. The maximum absolute atomic E-state index is 10.9. The first-order valence-electron chi connectivity index (χ1n) is 2.76. The minimum atomic E-state index is -2.97. The van der Waals surface area contributed by atoms with Crippen LogP contribution in [0.3, 0.4) is 0 Å². The smallest absolute Gasteiger partial charge is 0.185 e. The Morgan fingerprint density at radius 2 is 2.10 bits per heavy atom. The average molecular weight is 176 g/mol. The molecule has 2 nitrogen and oxygen atoms in total. The van der Waals surface area contributed by atoms with Gasteiger partial charge in [0.1, 0.15) is 4.21 Å². The lowest BCUT2D eigenvalue weighted by molar-refractivity contribution is 0.603. The molecule has 0 bridgehead atoms. The van der Waals surface area contributed by atoms with Gasteiger partial charge in [-0.25, -0.2) is 8.42 Å². The van der Waals surface area contributed by atoms with Gasteiger partial charge >= 0.3 is 0 Å². The van der Waals surface area contributed by atoms with Crippen LogP contribution in [0.15, 0.2) is 15.7 Å². The monoisotopic (exact) mass is 176 g/mol. The lowest BCUT2D eigenvalue weighted by atomic mass is 10.4. The minimum absolute atomic E-state index is 0.479. The van der Waals surface area contributed by atoms with E-state index in [4.69, 9.17) is 0 Å². The molecule has 0 N–H and O–H groups in total. The van der Waals surface area contributed by atoms with Crippen LogP contribution < -0.4 is 0 Å². The molecule has 0 aliphatic carbocycles. The van der Waals surface area contributed by atoms with Crippen molar-refractivity contribution in [3.8, 4) is 0 Å². The van der Waals surface area contributed by atoms with E-state index in [2.05, 4.69) is 0 Å². The number of rotatable bonds is 1. The number of hydrogen-bond donors (Lipinski definition) is 0. The summed E-state index contributed by atoms with van der Waals surface area (Å²) in [7, 11) is -2.97. The molecule has 0 aromatic carbocycles. The Labute approximate surface area is 64.4 Å². The van der Waals surface area contributed by atoms with Crippen molar-refractivity contribution < 1.29 is 8.42 Å². The van der Waals surface area contributed by atoms with Crippen LogP contribution in [0, 0.1) is 6.92 Å². The first kappa shape index (κ1) is 7.75. The van der Waals surface area contributed by atoms with Gasteiger partial charge in [-0.2, -0.15) is 0 Å². The van der Waals surface area contributed by atoms with Crippen molar-refractivity contribution in [3.05, 3.63) is 17.0 Å². The van der Waals surface area contributed by atoms with Crippen molar-refractivity contribution in [1.82, 2.24) is 0 Å². The summed E-state index contributed by atoms with van der Waals surface area (Å²) in [6, 6.07) is 1.81. The highest BCUT2D eigenvalue weighted by Gasteiger charge is 2.10. The van der Waals surface area contributed by atoms with Crippen LogP contribution in [0.5, 0.6) is 0 Å². The van der Waals surface area contributed by atoms with Gasteiger partial charge in [0.2, 0.25) is 0 Å². The molecule has 0 fully saturated rings. The maximum atomic E-state index is 10.9. The SMILES string of the molecule is Cc1ccsc1S(C)(=O)=O. The second kappa shape index (κ2) is 2.36. The molecule has 4 heteroatoms. The van der Waals surface area contributed by atoms with E-state index in [0.717, 1.165) is 5.56 Å². The molecule has 0 amide bonds. The third-order valence-corrected chi connectivity index (χ3v) is 4.15. The number of hydrogen-bond acceptors (Lipinski definition) is 3. The zero-order valence-electron chi connectivity index (χ0n) is 5.79. The van der Waals surface area contributed by atoms with Crippen LogP contribution in [-0.4, -0.2) is 14.7 Å². The fraction of sp³-hybridized carbons (Fsp3) is 0.333. The average Bonchev–Trinajstić information content (AvgIpc) is 2.11.